The summed E-state index contributed by atoms with van der Waals surface area (Å²) in [5, 5.41) is 7.33. The van der Waals surface area contributed by atoms with Crippen molar-refractivity contribution in [2.75, 3.05) is 23.3 Å². The van der Waals surface area contributed by atoms with E-state index in [1.807, 2.05) is 30.7 Å². The molecule has 1 aliphatic rings. The van der Waals surface area contributed by atoms with Gasteiger partial charge in [-0.3, -0.25) is 9.59 Å². The lowest BCUT2D eigenvalue weighted by Gasteiger charge is -2.33. The number of hydrogen-bond donors (Lipinski definition) is 2. The summed E-state index contributed by atoms with van der Waals surface area (Å²) in [6.07, 6.45) is 3.05. The van der Waals surface area contributed by atoms with Crippen LogP contribution in [0.3, 0.4) is 0 Å². The summed E-state index contributed by atoms with van der Waals surface area (Å²) in [4.78, 5) is 34.8. The number of benzene rings is 1. The number of aromatic nitrogens is 4. The van der Waals surface area contributed by atoms with Crippen LogP contribution < -0.4 is 14.9 Å². The molecule has 1 aliphatic heterocycles. The molecule has 12 heteroatoms. The quantitative estimate of drug-likeness (QED) is 0.527. The molecular formula is C23H27N7O4S. The Balaban J connectivity index is 1.43. The van der Waals surface area contributed by atoms with Crippen molar-refractivity contribution < 1.29 is 18.0 Å². The molecule has 1 saturated heterocycles. The maximum Gasteiger partial charge on any atom is 0.264 e. The van der Waals surface area contributed by atoms with Crippen molar-refractivity contribution in [2.45, 2.75) is 38.5 Å². The summed E-state index contributed by atoms with van der Waals surface area (Å²) in [5.41, 5.74) is 2.35. The van der Waals surface area contributed by atoms with Crippen LogP contribution in [0.5, 0.6) is 0 Å². The lowest BCUT2D eigenvalue weighted by molar-refractivity contribution is -0.120. The Morgan fingerprint density at radius 1 is 1.06 bits per heavy atom. The molecule has 2 aromatic heterocycles. The van der Waals surface area contributed by atoms with Gasteiger partial charge in [-0.05, 0) is 57.0 Å². The molecular weight excluding hydrogens is 470 g/mol. The van der Waals surface area contributed by atoms with Gasteiger partial charge in [-0.15, -0.1) is 0 Å². The maximum atomic E-state index is 12.9. The Morgan fingerprint density at radius 2 is 1.77 bits per heavy atom. The van der Waals surface area contributed by atoms with E-state index in [4.69, 9.17) is 0 Å². The Kier molecular flexibility index (Phi) is 6.83. The lowest BCUT2D eigenvalue weighted by atomic mass is 9.97. The average Bonchev–Trinajstić information content (AvgIpc) is 3.16. The van der Waals surface area contributed by atoms with E-state index in [1.54, 1.807) is 4.68 Å². The zero-order valence-electron chi connectivity index (χ0n) is 19.7. The number of sulfonamides is 1. The van der Waals surface area contributed by atoms with Gasteiger partial charge in [0, 0.05) is 37.5 Å². The molecule has 11 nitrogen and oxygen atoms in total. The van der Waals surface area contributed by atoms with Gasteiger partial charge in [0.25, 0.3) is 10.0 Å². The van der Waals surface area contributed by atoms with Gasteiger partial charge >= 0.3 is 0 Å². The summed E-state index contributed by atoms with van der Waals surface area (Å²) < 4.78 is 27.9. The van der Waals surface area contributed by atoms with Crippen LogP contribution in [0.1, 0.15) is 31.2 Å². The van der Waals surface area contributed by atoms with Crippen molar-refractivity contribution in [1.29, 1.82) is 0 Å². The van der Waals surface area contributed by atoms with Crippen LogP contribution in [0.25, 0.3) is 5.82 Å². The van der Waals surface area contributed by atoms with E-state index in [9.17, 15) is 18.0 Å². The lowest BCUT2D eigenvalue weighted by Crippen LogP contribution is -2.41. The molecule has 184 valence electrons. The zero-order valence-corrected chi connectivity index (χ0v) is 20.5. The Labute approximate surface area is 203 Å². The minimum Gasteiger partial charge on any atom is -0.356 e. The summed E-state index contributed by atoms with van der Waals surface area (Å²) in [6, 6.07) is 9.53. The van der Waals surface area contributed by atoms with Gasteiger partial charge in [-0.25, -0.2) is 27.8 Å². The first-order valence-corrected chi connectivity index (χ1v) is 12.7. The molecule has 3 heterocycles. The zero-order chi connectivity index (χ0) is 25.2. The van der Waals surface area contributed by atoms with Gasteiger partial charge in [0.1, 0.15) is 12.1 Å². The normalized spacial score (nSPS) is 16.1. The number of aryl methyl sites for hydroxylation is 2. The largest absolute Gasteiger partial charge is 0.356 e. The molecule has 2 N–H and O–H groups in total. The smallest absolute Gasteiger partial charge is 0.264 e. The molecule has 2 amide bonds. The van der Waals surface area contributed by atoms with Gasteiger partial charge in [0.2, 0.25) is 11.8 Å². The third-order valence-electron chi connectivity index (χ3n) is 5.69. The van der Waals surface area contributed by atoms with E-state index in [0.29, 0.717) is 18.1 Å². The molecule has 1 atom stereocenters. The van der Waals surface area contributed by atoms with Gasteiger partial charge in [0.15, 0.2) is 5.82 Å². The van der Waals surface area contributed by atoms with E-state index >= 15 is 0 Å². The number of nitrogens with one attached hydrogen (secondary N) is 2. The van der Waals surface area contributed by atoms with E-state index in [0.717, 1.165) is 43.5 Å². The number of nitrogens with zero attached hydrogens (tertiary/aromatic N) is 5. The van der Waals surface area contributed by atoms with Gasteiger partial charge in [-0.1, -0.05) is 0 Å². The summed E-state index contributed by atoms with van der Waals surface area (Å²) in [7, 11) is -3.93. The predicted molar refractivity (Wildman–Crippen MR) is 130 cm³/mol. The monoisotopic (exact) mass is 497 g/mol. The van der Waals surface area contributed by atoms with Crippen LogP contribution in [0.4, 0.5) is 11.5 Å². The standard InChI is InChI=1S/C23H27N7O4S/c1-15-11-16(2)30(27-15)22-12-21(24-14-25-22)29-10-4-5-18(13-29)23(32)26-19-6-8-20(9-7-19)35(33,34)28-17(3)31/h6-9,11-12,14,18H,4-5,10,13H2,1-3H3,(H,26,32)(H,28,31). The fourth-order valence-corrected chi connectivity index (χ4v) is 5.09. The molecule has 0 radical (unpaired) electrons. The van der Waals surface area contributed by atoms with E-state index < -0.39 is 15.9 Å². The van der Waals surface area contributed by atoms with Crippen LogP contribution in [0.2, 0.25) is 0 Å². The molecule has 3 aromatic rings. The number of piperidine rings is 1. The Morgan fingerprint density at radius 3 is 2.43 bits per heavy atom. The number of anilines is 2. The van der Waals surface area contributed by atoms with Crippen LogP contribution in [0.15, 0.2) is 47.6 Å². The minimum atomic E-state index is -3.93. The predicted octanol–water partition coefficient (Wildman–Crippen LogP) is 1.96. The number of hydrogen-bond acceptors (Lipinski definition) is 8. The van der Waals surface area contributed by atoms with Crippen LogP contribution in [-0.2, 0) is 19.6 Å². The Hall–Kier alpha value is -3.80. The second kappa shape index (κ2) is 9.82. The summed E-state index contributed by atoms with van der Waals surface area (Å²) in [5.74, 6) is 0.308. The average molecular weight is 498 g/mol. The molecule has 1 unspecified atom stereocenters. The number of carbonyl (C=O) groups is 2. The summed E-state index contributed by atoms with van der Waals surface area (Å²) >= 11 is 0. The fourth-order valence-electron chi connectivity index (χ4n) is 4.10. The third-order valence-corrected chi connectivity index (χ3v) is 7.14. The minimum absolute atomic E-state index is 0.0586. The topological polar surface area (TPSA) is 139 Å². The molecule has 1 fully saturated rings. The molecule has 4 rings (SSSR count). The van der Waals surface area contributed by atoms with Crippen molar-refractivity contribution in [3.63, 3.8) is 0 Å². The molecule has 1 aromatic carbocycles. The first kappa shape index (κ1) is 24.3. The summed E-state index contributed by atoms with van der Waals surface area (Å²) in [6.45, 7) is 6.28. The molecule has 0 saturated carbocycles. The maximum absolute atomic E-state index is 12.9. The molecule has 0 aliphatic carbocycles. The van der Waals surface area contributed by atoms with Crippen molar-refractivity contribution in [3.8, 4) is 5.82 Å². The first-order chi connectivity index (χ1) is 16.6. The van der Waals surface area contributed by atoms with Crippen molar-refractivity contribution in [3.05, 3.63) is 54.1 Å². The first-order valence-electron chi connectivity index (χ1n) is 11.2. The molecule has 0 spiro atoms. The van der Waals surface area contributed by atoms with Crippen molar-refractivity contribution in [2.24, 2.45) is 5.92 Å². The fraction of sp³-hybridized carbons (Fsp3) is 0.348. The second-order valence-corrected chi connectivity index (χ2v) is 10.2. The van der Waals surface area contributed by atoms with E-state index in [2.05, 4.69) is 25.3 Å². The third kappa shape index (κ3) is 5.65. The van der Waals surface area contributed by atoms with Gasteiger partial charge in [0.05, 0.1) is 16.5 Å². The van der Waals surface area contributed by atoms with Crippen LogP contribution >= 0.6 is 0 Å². The molecule has 35 heavy (non-hydrogen) atoms. The Bertz CT molecular complexity index is 1350. The number of carbonyl (C=O) groups excluding carboxylic acids is 2. The van der Waals surface area contributed by atoms with Crippen molar-refractivity contribution >= 4 is 33.3 Å². The van der Waals surface area contributed by atoms with E-state index in [1.165, 1.54) is 30.6 Å². The highest BCUT2D eigenvalue weighted by Crippen LogP contribution is 2.24. The second-order valence-electron chi connectivity index (χ2n) is 8.53. The highest BCUT2D eigenvalue weighted by molar-refractivity contribution is 7.90. The number of rotatable bonds is 6. The van der Waals surface area contributed by atoms with Crippen molar-refractivity contribution in [1.82, 2.24) is 24.5 Å². The van der Waals surface area contributed by atoms with Gasteiger partial charge < -0.3 is 10.2 Å². The van der Waals surface area contributed by atoms with Gasteiger partial charge in [-0.2, -0.15) is 5.10 Å². The van der Waals surface area contributed by atoms with E-state index in [-0.39, 0.29) is 16.7 Å². The SMILES string of the molecule is CC(=O)NS(=O)(=O)c1ccc(NC(=O)C2CCCN(c3cc(-n4nc(C)cc4C)ncn3)C2)cc1. The van der Waals surface area contributed by atoms with Crippen LogP contribution in [-0.4, -0.2) is 53.1 Å². The number of amides is 2. The highest BCUT2D eigenvalue weighted by Gasteiger charge is 2.27. The highest BCUT2D eigenvalue weighted by atomic mass is 32.2. The molecule has 0 bridgehead atoms. The van der Waals surface area contributed by atoms with Crippen LogP contribution in [0, 0.1) is 19.8 Å².